The predicted molar refractivity (Wildman–Crippen MR) is 120 cm³/mol. The van der Waals surface area contributed by atoms with Crippen molar-refractivity contribution in [2.24, 2.45) is 5.41 Å². The van der Waals surface area contributed by atoms with E-state index in [4.69, 9.17) is 0 Å². The normalized spacial score (nSPS) is 17.0. The van der Waals surface area contributed by atoms with Crippen LogP contribution in [0.15, 0.2) is 60.9 Å². The third kappa shape index (κ3) is 3.96. The largest absolute Gasteiger partial charge is 0.317 e. The molecule has 158 valence electrons. The van der Waals surface area contributed by atoms with Gasteiger partial charge in [0.25, 0.3) is 0 Å². The number of fused-ring (bicyclic) bond motifs is 3. The summed E-state index contributed by atoms with van der Waals surface area (Å²) in [5, 5.41) is 0. The first-order valence-corrected chi connectivity index (χ1v) is 10.7. The molecule has 2 heterocycles. The first kappa shape index (κ1) is 21.9. The fourth-order valence-corrected chi connectivity index (χ4v) is 4.40. The molecule has 0 N–H and O–H groups in total. The van der Waals surface area contributed by atoms with E-state index in [1.807, 2.05) is 44.3 Å². The molecular formula is C26H31FN2O. The molecule has 1 atom stereocenters. The third-order valence-electron chi connectivity index (χ3n) is 5.48. The van der Waals surface area contributed by atoms with E-state index in [-0.39, 0.29) is 17.0 Å². The number of hydrogen-bond acceptors (Lipinski definition) is 2. The van der Waals surface area contributed by atoms with Gasteiger partial charge >= 0.3 is 0 Å². The average molecular weight is 407 g/mol. The summed E-state index contributed by atoms with van der Waals surface area (Å²) >= 11 is 0. The molecule has 4 heteroatoms. The number of carbonyl (C=O) groups excluding carboxylic acids is 1. The summed E-state index contributed by atoms with van der Waals surface area (Å²) < 4.78 is 15.8. The lowest BCUT2D eigenvalue weighted by molar-refractivity contribution is -0.121. The number of aromatic nitrogens is 2. The summed E-state index contributed by atoms with van der Waals surface area (Å²) in [5.74, 6) is 0.878. The number of carbonyl (C=O) groups is 1. The molecule has 1 aliphatic heterocycles. The molecule has 0 bridgehead atoms. The molecule has 4 rings (SSSR count). The van der Waals surface area contributed by atoms with Crippen LogP contribution in [0, 0.1) is 11.2 Å². The van der Waals surface area contributed by atoms with E-state index in [1.54, 1.807) is 6.20 Å². The van der Waals surface area contributed by atoms with Gasteiger partial charge in [0.1, 0.15) is 17.4 Å². The van der Waals surface area contributed by atoms with E-state index >= 15 is 0 Å². The molecule has 1 aromatic heterocycles. The Balaban J connectivity index is 0.00000124. The third-order valence-corrected chi connectivity index (χ3v) is 5.48. The van der Waals surface area contributed by atoms with Gasteiger partial charge in [-0.3, -0.25) is 4.79 Å². The molecule has 3 aromatic rings. The number of nitrogens with zero attached hydrogens (tertiary/aromatic N) is 2. The van der Waals surface area contributed by atoms with Crippen LogP contribution in [0.5, 0.6) is 0 Å². The Morgan fingerprint density at radius 2 is 1.73 bits per heavy atom. The number of hydrogen-bond donors (Lipinski definition) is 0. The fourth-order valence-electron chi connectivity index (χ4n) is 4.40. The highest BCUT2D eigenvalue weighted by atomic mass is 19.1. The van der Waals surface area contributed by atoms with Crippen molar-refractivity contribution in [2.75, 3.05) is 0 Å². The highest BCUT2D eigenvalue weighted by Gasteiger charge is 2.44. The van der Waals surface area contributed by atoms with Crippen molar-refractivity contribution in [1.29, 1.82) is 0 Å². The van der Waals surface area contributed by atoms with Gasteiger partial charge in [0.2, 0.25) is 0 Å². The lowest BCUT2D eigenvalue weighted by Crippen LogP contribution is -2.34. The Morgan fingerprint density at radius 1 is 1.07 bits per heavy atom. The van der Waals surface area contributed by atoms with Crippen molar-refractivity contribution in [3.63, 3.8) is 0 Å². The Labute approximate surface area is 179 Å². The standard InChI is InChI=1S/C24H25FN2O.C2H6/c1-23(2,3)16-19(28)12-13-24(17-8-10-18(25)11-9-17)21-7-5-4-6-20(21)22-26-14-15-27(22)24;1-2/h4-11,14-15H,12-13,16H2,1-3H3;1-2H3. The number of Topliss-reactive ketones (excluding diaryl/α,β-unsaturated/α-hetero) is 1. The zero-order valence-electron chi connectivity index (χ0n) is 18.6. The smallest absolute Gasteiger partial charge is 0.141 e. The Morgan fingerprint density at radius 3 is 2.40 bits per heavy atom. The SMILES string of the molecule is CC.CC(C)(C)CC(=O)CCC1(c2ccc(F)cc2)c2ccccc2-c2nccn21. The summed E-state index contributed by atoms with van der Waals surface area (Å²) in [6.07, 6.45) is 5.38. The molecule has 0 radical (unpaired) electrons. The summed E-state index contributed by atoms with van der Waals surface area (Å²) in [7, 11) is 0. The van der Waals surface area contributed by atoms with Crippen LogP contribution < -0.4 is 0 Å². The van der Waals surface area contributed by atoms with Gasteiger partial charge in [0, 0.05) is 30.8 Å². The van der Waals surface area contributed by atoms with E-state index in [0.29, 0.717) is 19.3 Å². The van der Waals surface area contributed by atoms with Crippen LogP contribution >= 0.6 is 0 Å². The van der Waals surface area contributed by atoms with E-state index in [0.717, 1.165) is 22.5 Å². The van der Waals surface area contributed by atoms with Crippen LogP contribution in [0.1, 0.15) is 65.0 Å². The lowest BCUT2D eigenvalue weighted by Gasteiger charge is -2.34. The summed E-state index contributed by atoms with van der Waals surface area (Å²) in [6.45, 7) is 10.2. The second kappa shape index (κ2) is 8.55. The highest BCUT2D eigenvalue weighted by Crippen LogP contribution is 2.49. The van der Waals surface area contributed by atoms with Crippen molar-refractivity contribution in [3.8, 4) is 11.4 Å². The Bertz CT molecular complexity index is 1010. The number of rotatable bonds is 5. The first-order chi connectivity index (χ1) is 14.3. The van der Waals surface area contributed by atoms with Gasteiger partial charge < -0.3 is 4.57 Å². The van der Waals surface area contributed by atoms with Crippen molar-refractivity contribution >= 4 is 5.78 Å². The molecule has 30 heavy (non-hydrogen) atoms. The van der Waals surface area contributed by atoms with Crippen molar-refractivity contribution in [1.82, 2.24) is 9.55 Å². The summed E-state index contributed by atoms with van der Waals surface area (Å²) in [6, 6.07) is 14.8. The number of benzene rings is 2. The lowest BCUT2D eigenvalue weighted by atomic mass is 9.78. The van der Waals surface area contributed by atoms with Crippen molar-refractivity contribution in [3.05, 3.63) is 77.9 Å². The minimum atomic E-state index is -0.552. The van der Waals surface area contributed by atoms with Gasteiger partial charge in [-0.15, -0.1) is 0 Å². The number of imidazole rings is 1. The fraction of sp³-hybridized carbons (Fsp3) is 0.385. The molecule has 0 saturated carbocycles. The molecule has 0 amide bonds. The highest BCUT2D eigenvalue weighted by molar-refractivity contribution is 5.80. The van der Waals surface area contributed by atoms with Crippen LogP contribution in [0.2, 0.25) is 0 Å². The second-order valence-corrected chi connectivity index (χ2v) is 8.81. The molecule has 2 aromatic carbocycles. The topological polar surface area (TPSA) is 34.9 Å². The maximum atomic E-state index is 13.7. The summed E-state index contributed by atoms with van der Waals surface area (Å²) in [4.78, 5) is 17.3. The van der Waals surface area contributed by atoms with Crippen LogP contribution in [0.3, 0.4) is 0 Å². The van der Waals surface area contributed by atoms with Gasteiger partial charge in [-0.1, -0.05) is 71.0 Å². The van der Waals surface area contributed by atoms with Gasteiger partial charge in [-0.05, 0) is 35.1 Å². The summed E-state index contributed by atoms with van der Waals surface area (Å²) in [5.41, 5.74) is 2.58. The minimum absolute atomic E-state index is 0.0339. The van der Waals surface area contributed by atoms with Crippen LogP contribution in [0.25, 0.3) is 11.4 Å². The van der Waals surface area contributed by atoms with Gasteiger partial charge in [0.15, 0.2) is 0 Å². The van der Waals surface area contributed by atoms with Crippen molar-refractivity contribution < 1.29 is 9.18 Å². The van der Waals surface area contributed by atoms with E-state index in [1.165, 1.54) is 12.1 Å². The average Bonchev–Trinajstić information content (AvgIpc) is 3.29. The van der Waals surface area contributed by atoms with Gasteiger partial charge in [-0.25, -0.2) is 9.37 Å². The van der Waals surface area contributed by atoms with E-state index in [9.17, 15) is 9.18 Å². The van der Waals surface area contributed by atoms with Gasteiger partial charge in [0.05, 0.1) is 5.54 Å². The molecular weight excluding hydrogens is 375 g/mol. The molecule has 1 unspecified atom stereocenters. The quantitative estimate of drug-likeness (QED) is 0.478. The maximum absolute atomic E-state index is 13.7. The zero-order chi connectivity index (χ0) is 21.9. The molecule has 0 fully saturated rings. The van der Waals surface area contributed by atoms with Crippen LogP contribution in [-0.4, -0.2) is 15.3 Å². The molecule has 1 aliphatic rings. The molecule has 0 aliphatic carbocycles. The molecule has 3 nitrogen and oxygen atoms in total. The Kier molecular flexibility index (Phi) is 6.25. The first-order valence-electron chi connectivity index (χ1n) is 10.7. The second-order valence-electron chi connectivity index (χ2n) is 8.81. The predicted octanol–water partition coefficient (Wildman–Crippen LogP) is 6.61. The number of ketones is 1. The van der Waals surface area contributed by atoms with Crippen molar-refractivity contribution in [2.45, 2.75) is 59.4 Å². The van der Waals surface area contributed by atoms with Crippen LogP contribution in [0.4, 0.5) is 4.39 Å². The van der Waals surface area contributed by atoms with Crippen LogP contribution in [-0.2, 0) is 10.3 Å². The maximum Gasteiger partial charge on any atom is 0.141 e. The van der Waals surface area contributed by atoms with Gasteiger partial charge in [-0.2, -0.15) is 0 Å². The molecule has 0 spiro atoms. The monoisotopic (exact) mass is 406 g/mol. The zero-order valence-corrected chi connectivity index (χ0v) is 18.6. The van der Waals surface area contributed by atoms with E-state index < -0.39 is 5.54 Å². The van der Waals surface area contributed by atoms with E-state index in [2.05, 4.69) is 42.5 Å². The number of halogens is 1. The Hall–Kier alpha value is -2.75. The minimum Gasteiger partial charge on any atom is -0.317 e. The molecule has 0 saturated heterocycles.